The maximum absolute atomic E-state index is 13.7. The lowest BCUT2D eigenvalue weighted by Gasteiger charge is -2.35. The molecule has 0 radical (unpaired) electrons. The molecule has 1 heterocycles. The second-order valence-electron chi connectivity index (χ2n) is 5.24. The van der Waals surface area contributed by atoms with E-state index in [0.717, 1.165) is 31.7 Å². The molecule has 1 aliphatic rings. The fourth-order valence-electron chi connectivity index (χ4n) is 2.68. The SMILES string of the molecule is CC[C@@H]1CCCCN1C(=O)Nc1ccc(C(N)=O)c(F)c1. The third-order valence-corrected chi connectivity index (χ3v) is 3.85. The van der Waals surface area contributed by atoms with Crippen LogP contribution in [0, 0.1) is 5.82 Å². The van der Waals surface area contributed by atoms with Crippen LogP contribution in [0.3, 0.4) is 0 Å². The fraction of sp³-hybridized carbons (Fsp3) is 0.467. The first-order chi connectivity index (χ1) is 10.0. The lowest BCUT2D eigenvalue weighted by Crippen LogP contribution is -2.45. The Morgan fingerprint density at radius 1 is 1.43 bits per heavy atom. The van der Waals surface area contributed by atoms with Gasteiger partial charge in [-0.1, -0.05) is 6.92 Å². The number of urea groups is 1. The molecule has 1 atom stereocenters. The van der Waals surface area contributed by atoms with Gasteiger partial charge in [-0.2, -0.15) is 0 Å². The minimum absolute atomic E-state index is 0.183. The van der Waals surface area contributed by atoms with Crippen molar-refractivity contribution in [2.45, 2.75) is 38.6 Å². The minimum atomic E-state index is -0.826. The first-order valence-corrected chi connectivity index (χ1v) is 7.20. The molecule has 0 saturated carbocycles. The Hall–Kier alpha value is -2.11. The van der Waals surface area contributed by atoms with Crippen LogP contribution < -0.4 is 11.1 Å². The number of nitrogens with one attached hydrogen (secondary N) is 1. The van der Waals surface area contributed by atoms with Gasteiger partial charge in [0.2, 0.25) is 0 Å². The Labute approximate surface area is 123 Å². The number of anilines is 1. The number of likely N-dealkylation sites (tertiary alicyclic amines) is 1. The highest BCUT2D eigenvalue weighted by atomic mass is 19.1. The van der Waals surface area contributed by atoms with Crippen molar-refractivity contribution in [2.75, 3.05) is 11.9 Å². The summed E-state index contributed by atoms with van der Waals surface area (Å²) in [6.07, 6.45) is 4.02. The van der Waals surface area contributed by atoms with E-state index in [2.05, 4.69) is 12.2 Å². The summed E-state index contributed by atoms with van der Waals surface area (Å²) in [7, 11) is 0. The minimum Gasteiger partial charge on any atom is -0.366 e. The van der Waals surface area contributed by atoms with Crippen molar-refractivity contribution >= 4 is 17.6 Å². The van der Waals surface area contributed by atoms with Gasteiger partial charge in [-0.3, -0.25) is 4.79 Å². The van der Waals surface area contributed by atoms with Crippen molar-refractivity contribution in [3.8, 4) is 0 Å². The number of benzene rings is 1. The summed E-state index contributed by atoms with van der Waals surface area (Å²) < 4.78 is 13.7. The van der Waals surface area contributed by atoms with Crippen LogP contribution in [0.25, 0.3) is 0 Å². The molecule has 6 heteroatoms. The quantitative estimate of drug-likeness (QED) is 0.899. The van der Waals surface area contributed by atoms with Crippen LogP contribution in [-0.2, 0) is 0 Å². The number of halogens is 1. The molecular weight excluding hydrogens is 273 g/mol. The highest BCUT2D eigenvalue weighted by molar-refractivity contribution is 5.94. The van der Waals surface area contributed by atoms with Crippen molar-refractivity contribution in [1.82, 2.24) is 4.90 Å². The number of carbonyl (C=O) groups is 2. The number of amides is 3. The van der Waals surface area contributed by atoms with Crippen LogP contribution in [0.1, 0.15) is 43.0 Å². The van der Waals surface area contributed by atoms with Crippen LogP contribution in [0.4, 0.5) is 14.9 Å². The predicted octanol–water partition coefficient (Wildman–Crippen LogP) is 2.72. The highest BCUT2D eigenvalue weighted by Gasteiger charge is 2.25. The summed E-state index contributed by atoms with van der Waals surface area (Å²) in [5, 5.41) is 2.68. The van der Waals surface area contributed by atoms with Crippen LogP contribution in [0.15, 0.2) is 18.2 Å². The van der Waals surface area contributed by atoms with E-state index in [0.29, 0.717) is 12.2 Å². The number of hydrogen-bond donors (Lipinski definition) is 2. The second-order valence-corrected chi connectivity index (χ2v) is 5.24. The van der Waals surface area contributed by atoms with Gasteiger partial charge in [-0.15, -0.1) is 0 Å². The Morgan fingerprint density at radius 3 is 2.81 bits per heavy atom. The molecule has 0 unspecified atom stereocenters. The van der Waals surface area contributed by atoms with E-state index in [1.54, 1.807) is 4.90 Å². The maximum Gasteiger partial charge on any atom is 0.322 e. The zero-order chi connectivity index (χ0) is 15.4. The Morgan fingerprint density at radius 2 is 2.19 bits per heavy atom. The van der Waals surface area contributed by atoms with E-state index < -0.39 is 11.7 Å². The van der Waals surface area contributed by atoms with Gasteiger partial charge in [0.25, 0.3) is 5.91 Å². The molecule has 3 amide bonds. The number of primary amides is 1. The molecule has 114 valence electrons. The molecule has 3 N–H and O–H groups in total. The van der Waals surface area contributed by atoms with Crippen molar-refractivity contribution in [3.63, 3.8) is 0 Å². The van der Waals surface area contributed by atoms with Crippen molar-refractivity contribution < 1.29 is 14.0 Å². The number of nitrogens with two attached hydrogens (primary N) is 1. The fourth-order valence-corrected chi connectivity index (χ4v) is 2.68. The predicted molar refractivity (Wildman–Crippen MR) is 78.6 cm³/mol. The van der Waals surface area contributed by atoms with E-state index >= 15 is 0 Å². The molecule has 1 fully saturated rings. The molecule has 0 aliphatic carbocycles. The normalized spacial score (nSPS) is 18.4. The van der Waals surface area contributed by atoms with Gasteiger partial charge in [-0.05, 0) is 43.9 Å². The van der Waals surface area contributed by atoms with Crippen LogP contribution in [0.2, 0.25) is 0 Å². The molecule has 1 aliphatic heterocycles. The highest BCUT2D eigenvalue weighted by Crippen LogP contribution is 2.21. The van der Waals surface area contributed by atoms with Gasteiger partial charge < -0.3 is 16.0 Å². The van der Waals surface area contributed by atoms with Gasteiger partial charge in [0.05, 0.1) is 5.56 Å². The molecule has 2 rings (SSSR count). The monoisotopic (exact) mass is 293 g/mol. The van der Waals surface area contributed by atoms with Gasteiger partial charge in [0.15, 0.2) is 0 Å². The Balaban J connectivity index is 2.08. The number of hydrogen-bond acceptors (Lipinski definition) is 2. The average molecular weight is 293 g/mol. The first kappa shape index (κ1) is 15.3. The summed E-state index contributed by atoms with van der Waals surface area (Å²) in [6, 6.07) is 3.87. The van der Waals surface area contributed by atoms with Gasteiger partial charge >= 0.3 is 6.03 Å². The number of piperidine rings is 1. The molecule has 1 aromatic carbocycles. The summed E-state index contributed by atoms with van der Waals surface area (Å²) in [6.45, 7) is 2.77. The van der Waals surface area contributed by atoms with E-state index in [4.69, 9.17) is 5.73 Å². The molecule has 0 aromatic heterocycles. The van der Waals surface area contributed by atoms with Gasteiger partial charge in [0, 0.05) is 18.3 Å². The average Bonchev–Trinajstić information content (AvgIpc) is 2.46. The number of carbonyl (C=O) groups excluding carboxylic acids is 2. The lowest BCUT2D eigenvalue weighted by atomic mass is 10.0. The summed E-state index contributed by atoms with van der Waals surface area (Å²) in [5.41, 5.74) is 5.18. The largest absolute Gasteiger partial charge is 0.366 e. The lowest BCUT2D eigenvalue weighted by molar-refractivity contribution is 0.0996. The maximum atomic E-state index is 13.7. The smallest absolute Gasteiger partial charge is 0.322 e. The van der Waals surface area contributed by atoms with E-state index in [-0.39, 0.29) is 17.6 Å². The molecule has 5 nitrogen and oxygen atoms in total. The van der Waals surface area contributed by atoms with Crippen molar-refractivity contribution in [1.29, 1.82) is 0 Å². The van der Waals surface area contributed by atoms with E-state index in [9.17, 15) is 14.0 Å². The van der Waals surface area contributed by atoms with Crippen molar-refractivity contribution in [3.05, 3.63) is 29.6 Å². The van der Waals surface area contributed by atoms with Gasteiger partial charge in [-0.25, -0.2) is 9.18 Å². The number of rotatable bonds is 3. The van der Waals surface area contributed by atoms with E-state index in [1.165, 1.54) is 12.1 Å². The molecule has 1 aromatic rings. The van der Waals surface area contributed by atoms with E-state index in [1.807, 2.05) is 0 Å². The third-order valence-electron chi connectivity index (χ3n) is 3.85. The standard InChI is InChI=1S/C15H20FN3O2/c1-2-11-5-3-4-8-19(11)15(21)18-10-6-7-12(14(17)20)13(16)9-10/h6-7,9,11H,2-5,8H2,1H3,(H2,17,20)(H,18,21)/t11-/m1/s1. The van der Waals surface area contributed by atoms with Crippen LogP contribution in [-0.4, -0.2) is 29.4 Å². The molecule has 21 heavy (non-hydrogen) atoms. The molecular formula is C15H20FN3O2. The third kappa shape index (κ3) is 3.51. The van der Waals surface area contributed by atoms with Crippen molar-refractivity contribution in [2.24, 2.45) is 5.73 Å². The first-order valence-electron chi connectivity index (χ1n) is 7.20. The number of nitrogens with zero attached hydrogens (tertiary/aromatic N) is 1. The van der Waals surface area contributed by atoms with Crippen LogP contribution >= 0.6 is 0 Å². The summed E-state index contributed by atoms with van der Waals surface area (Å²) in [4.78, 5) is 25.0. The summed E-state index contributed by atoms with van der Waals surface area (Å²) >= 11 is 0. The molecule has 1 saturated heterocycles. The zero-order valence-corrected chi connectivity index (χ0v) is 12.1. The molecule has 0 bridgehead atoms. The molecule has 0 spiro atoms. The zero-order valence-electron chi connectivity index (χ0n) is 12.1. The topological polar surface area (TPSA) is 75.4 Å². The van der Waals surface area contributed by atoms with Crippen LogP contribution in [0.5, 0.6) is 0 Å². The summed E-state index contributed by atoms with van der Waals surface area (Å²) in [5.74, 6) is -1.56. The Bertz CT molecular complexity index is 548. The van der Waals surface area contributed by atoms with Gasteiger partial charge in [0.1, 0.15) is 5.82 Å². The Kier molecular flexibility index (Phi) is 4.77. The second kappa shape index (κ2) is 6.56.